The smallest absolute Gasteiger partial charge is 0.320 e. The van der Waals surface area contributed by atoms with Gasteiger partial charge in [-0.15, -0.1) is 0 Å². The molecule has 0 spiro atoms. The van der Waals surface area contributed by atoms with Gasteiger partial charge in [0, 0.05) is 33.2 Å². The van der Waals surface area contributed by atoms with E-state index >= 15 is 0 Å². The molecule has 19 heavy (non-hydrogen) atoms. The molecule has 6 heteroatoms. The molecule has 0 saturated carbocycles. The van der Waals surface area contributed by atoms with Gasteiger partial charge in [-0.1, -0.05) is 0 Å². The average molecular weight is 269 g/mol. The van der Waals surface area contributed by atoms with Gasteiger partial charge in [0.05, 0.1) is 0 Å². The lowest BCUT2D eigenvalue weighted by Gasteiger charge is -2.39. The highest BCUT2D eigenvalue weighted by Gasteiger charge is 2.37. The van der Waals surface area contributed by atoms with E-state index < -0.39 is 5.97 Å². The number of carbonyl (C=O) groups excluding carboxylic acids is 1. The van der Waals surface area contributed by atoms with Crippen LogP contribution in [0.2, 0.25) is 0 Å². The Morgan fingerprint density at radius 3 is 2.26 bits per heavy atom. The lowest BCUT2D eigenvalue weighted by Crippen LogP contribution is -2.51. The Hall–Kier alpha value is -1.30. The maximum Gasteiger partial charge on any atom is 0.320 e. The second-order valence-electron chi connectivity index (χ2n) is 5.63. The minimum atomic E-state index is -0.704. The minimum absolute atomic E-state index is 0.0506. The van der Waals surface area contributed by atoms with Crippen LogP contribution in [0.15, 0.2) is 0 Å². The van der Waals surface area contributed by atoms with Gasteiger partial charge in [0.1, 0.15) is 6.04 Å². The van der Waals surface area contributed by atoms with Gasteiger partial charge in [-0.2, -0.15) is 0 Å². The zero-order chi connectivity index (χ0) is 14.0. The number of carboxylic acid groups (broad SMARTS) is 1. The van der Waals surface area contributed by atoms with Crippen LogP contribution in [0.4, 0.5) is 4.79 Å². The molecule has 0 aliphatic carbocycles. The molecule has 2 fully saturated rings. The fourth-order valence-corrected chi connectivity index (χ4v) is 3.16. The number of hydrogen-bond acceptors (Lipinski definition) is 3. The summed E-state index contributed by atoms with van der Waals surface area (Å²) in [4.78, 5) is 28.6. The maximum absolute atomic E-state index is 11.8. The quantitative estimate of drug-likeness (QED) is 0.801. The van der Waals surface area contributed by atoms with Gasteiger partial charge < -0.3 is 14.9 Å². The van der Waals surface area contributed by atoms with Crippen LogP contribution in [0, 0.1) is 0 Å². The Labute approximate surface area is 114 Å². The third kappa shape index (κ3) is 3.00. The van der Waals surface area contributed by atoms with Crippen molar-refractivity contribution in [3.63, 3.8) is 0 Å². The Morgan fingerprint density at radius 1 is 1.11 bits per heavy atom. The van der Waals surface area contributed by atoms with Crippen molar-refractivity contribution < 1.29 is 14.7 Å². The van der Waals surface area contributed by atoms with Crippen LogP contribution < -0.4 is 0 Å². The van der Waals surface area contributed by atoms with Gasteiger partial charge in [0.2, 0.25) is 0 Å². The van der Waals surface area contributed by atoms with E-state index in [0.29, 0.717) is 6.04 Å². The van der Waals surface area contributed by atoms with E-state index in [1.807, 2.05) is 4.90 Å². The number of rotatable bonds is 2. The molecule has 2 aliphatic heterocycles. The van der Waals surface area contributed by atoms with Crippen molar-refractivity contribution in [1.29, 1.82) is 0 Å². The lowest BCUT2D eigenvalue weighted by atomic mass is 10.0. The van der Waals surface area contributed by atoms with Crippen LogP contribution in [0.5, 0.6) is 0 Å². The lowest BCUT2D eigenvalue weighted by molar-refractivity contribution is -0.143. The third-order valence-corrected chi connectivity index (χ3v) is 4.17. The second kappa shape index (κ2) is 5.77. The fourth-order valence-electron chi connectivity index (χ4n) is 3.16. The number of piperidine rings is 1. The Kier molecular flexibility index (Phi) is 4.29. The Bertz CT molecular complexity index is 351. The molecule has 2 heterocycles. The summed E-state index contributed by atoms with van der Waals surface area (Å²) in [5.41, 5.74) is 0. The molecule has 1 atom stereocenters. The van der Waals surface area contributed by atoms with Crippen LogP contribution in [-0.2, 0) is 4.79 Å². The standard InChI is InChI=1S/C13H23N3O3/c1-14(2)13(19)15-8-5-10(6-9-15)16-7-3-4-11(16)12(17)18/h10-11H,3-9H2,1-2H3,(H,17,18). The van der Waals surface area contributed by atoms with Gasteiger partial charge >= 0.3 is 12.0 Å². The number of hydrogen-bond donors (Lipinski definition) is 1. The molecule has 0 aromatic carbocycles. The number of likely N-dealkylation sites (tertiary alicyclic amines) is 2. The van der Waals surface area contributed by atoms with E-state index in [4.69, 9.17) is 0 Å². The van der Waals surface area contributed by atoms with Crippen molar-refractivity contribution >= 4 is 12.0 Å². The number of nitrogens with zero attached hydrogens (tertiary/aromatic N) is 3. The molecular weight excluding hydrogens is 246 g/mol. The highest BCUT2D eigenvalue weighted by molar-refractivity contribution is 5.74. The van der Waals surface area contributed by atoms with Crippen LogP contribution >= 0.6 is 0 Å². The zero-order valence-corrected chi connectivity index (χ0v) is 11.7. The van der Waals surface area contributed by atoms with Crippen molar-refractivity contribution in [3.05, 3.63) is 0 Å². The summed E-state index contributed by atoms with van der Waals surface area (Å²) >= 11 is 0. The first-order valence-corrected chi connectivity index (χ1v) is 6.95. The van der Waals surface area contributed by atoms with Crippen LogP contribution in [0.25, 0.3) is 0 Å². The van der Waals surface area contributed by atoms with E-state index in [1.54, 1.807) is 19.0 Å². The largest absolute Gasteiger partial charge is 0.480 e. The predicted molar refractivity (Wildman–Crippen MR) is 71.0 cm³/mol. The van der Waals surface area contributed by atoms with Crippen molar-refractivity contribution in [2.75, 3.05) is 33.7 Å². The number of carbonyl (C=O) groups is 2. The molecular formula is C13H23N3O3. The van der Waals surface area contributed by atoms with Gasteiger partial charge in [-0.25, -0.2) is 4.79 Å². The minimum Gasteiger partial charge on any atom is -0.480 e. The third-order valence-electron chi connectivity index (χ3n) is 4.17. The van der Waals surface area contributed by atoms with E-state index in [0.717, 1.165) is 45.3 Å². The Balaban J connectivity index is 1.89. The normalized spacial score (nSPS) is 25.6. The SMILES string of the molecule is CN(C)C(=O)N1CCC(N2CCCC2C(=O)O)CC1. The second-order valence-corrected chi connectivity index (χ2v) is 5.63. The summed E-state index contributed by atoms with van der Waals surface area (Å²) in [6.07, 6.45) is 3.48. The van der Waals surface area contributed by atoms with E-state index in [2.05, 4.69) is 4.90 Å². The number of aliphatic carboxylic acids is 1. The highest BCUT2D eigenvalue weighted by atomic mass is 16.4. The predicted octanol–water partition coefficient (Wildman–Crippen LogP) is 0.681. The van der Waals surface area contributed by atoms with E-state index in [1.165, 1.54) is 0 Å². The molecule has 1 N–H and O–H groups in total. The molecule has 108 valence electrons. The van der Waals surface area contributed by atoms with Crippen molar-refractivity contribution in [2.45, 2.75) is 37.8 Å². The average Bonchev–Trinajstić information content (AvgIpc) is 2.87. The first kappa shape index (κ1) is 14.1. The van der Waals surface area contributed by atoms with Gasteiger partial charge in [-0.05, 0) is 32.2 Å². The number of urea groups is 1. The molecule has 0 bridgehead atoms. The summed E-state index contributed by atoms with van der Waals surface area (Å²) in [5, 5.41) is 9.21. The summed E-state index contributed by atoms with van der Waals surface area (Å²) in [6, 6.07) is 0.0468. The fraction of sp³-hybridized carbons (Fsp3) is 0.846. The maximum atomic E-state index is 11.8. The molecule has 2 amide bonds. The van der Waals surface area contributed by atoms with Gasteiger partial charge in [0.25, 0.3) is 0 Å². The Morgan fingerprint density at radius 2 is 1.74 bits per heavy atom. The van der Waals surface area contributed by atoms with E-state index in [-0.39, 0.29) is 12.1 Å². The number of amides is 2. The van der Waals surface area contributed by atoms with E-state index in [9.17, 15) is 14.7 Å². The van der Waals surface area contributed by atoms with Crippen molar-refractivity contribution in [3.8, 4) is 0 Å². The molecule has 6 nitrogen and oxygen atoms in total. The summed E-state index contributed by atoms with van der Waals surface area (Å²) < 4.78 is 0. The summed E-state index contributed by atoms with van der Waals surface area (Å²) in [5.74, 6) is -0.704. The van der Waals surface area contributed by atoms with Crippen molar-refractivity contribution in [1.82, 2.24) is 14.7 Å². The van der Waals surface area contributed by atoms with Crippen LogP contribution in [0.3, 0.4) is 0 Å². The molecule has 0 radical (unpaired) electrons. The van der Waals surface area contributed by atoms with Crippen LogP contribution in [-0.4, -0.2) is 77.6 Å². The zero-order valence-electron chi connectivity index (χ0n) is 11.7. The van der Waals surface area contributed by atoms with Gasteiger partial charge in [0.15, 0.2) is 0 Å². The first-order chi connectivity index (χ1) is 9.00. The van der Waals surface area contributed by atoms with Crippen molar-refractivity contribution in [2.24, 2.45) is 0 Å². The van der Waals surface area contributed by atoms with Gasteiger partial charge in [-0.3, -0.25) is 9.69 Å². The number of carboxylic acids is 1. The molecule has 2 rings (SSSR count). The summed E-state index contributed by atoms with van der Waals surface area (Å²) in [6.45, 7) is 2.33. The first-order valence-electron chi connectivity index (χ1n) is 6.95. The molecule has 1 unspecified atom stereocenters. The van der Waals surface area contributed by atoms with Crippen LogP contribution in [0.1, 0.15) is 25.7 Å². The topological polar surface area (TPSA) is 64.1 Å². The summed E-state index contributed by atoms with van der Waals surface area (Å²) in [7, 11) is 3.52. The monoisotopic (exact) mass is 269 g/mol. The molecule has 2 saturated heterocycles. The molecule has 0 aromatic heterocycles. The molecule has 0 aromatic rings. The molecule has 2 aliphatic rings. The highest BCUT2D eigenvalue weighted by Crippen LogP contribution is 2.26.